The van der Waals surface area contributed by atoms with Gasteiger partial charge < -0.3 is 19.1 Å². The molecule has 6 nitrogen and oxygen atoms in total. The van der Waals surface area contributed by atoms with Crippen LogP contribution in [0.3, 0.4) is 0 Å². The molecule has 1 aliphatic heterocycles. The molecule has 0 saturated carbocycles. The summed E-state index contributed by atoms with van der Waals surface area (Å²) in [6.07, 6.45) is 1.65. The van der Waals surface area contributed by atoms with Crippen molar-refractivity contribution in [3.05, 3.63) is 40.6 Å². The molecule has 26 heavy (non-hydrogen) atoms. The van der Waals surface area contributed by atoms with Crippen LogP contribution in [0, 0.1) is 5.92 Å². The molecule has 1 heterocycles. The van der Waals surface area contributed by atoms with Crippen LogP contribution in [0.15, 0.2) is 35.0 Å². The molecule has 1 aromatic rings. The molecule has 0 radical (unpaired) electrons. The largest absolute Gasteiger partial charge is 0.493 e. The first kappa shape index (κ1) is 19.6. The van der Waals surface area contributed by atoms with Crippen molar-refractivity contribution in [1.82, 2.24) is 4.90 Å². The summed E-state index contributed by atoms with van der Waals surface area (Å²) in [5.74, 6) is 0.557. The van der Waals surface area contributed by atoms with Gasteiger partial charge >= 0.3 is 5.97 Å². The molecule has 0 fully saturated rings. The number of amides is 1. The van der Waals surface area contributed by atoms with Gasteiger partial charge in [-0.2, -0.15) is 0 Å². The monoisotopic (exact) mass is 359 g/mol. The number of allylic oxidation sites excluding steroid dienone is 1. The van der Waals surface area contributed by atoms with E-state index >= 15 is 0 Å². The molecule has 2 rings (SSSR count). The van der Waals surface area contributed by atoms with Crippen LogP contribution < -0.4 is 9.47 Å². The van der Waals surface area contributed by atoms with Gasteiger partial charge in [0.1, 0.15) is 0 Å². The van der Waals surface area contributed by atoms with Crippen molar-refractivity contribution in [2.24, 2.45) is 5.92 Å². The maximum absolute atomic E-state index is 13.0. The average Bonchev–Trinajstić information content (AvgIpc) is 2.84. The number of hydrogen-bond donors (Lipinski definition) is 0. The lowest BCUT2D eigenvalue weighted by Crippen LogP contribution is -2.28. The van der Waals surface area contributed by atoms with Crippen molar-refractivity contribution >= 4 is 18.0 Å². The van der Waals surface area contributed by atoms with E-state index in [2.05, 4.69) is 0 Å². The fraction of sp³-hybridized carbons (Fsp3) is 0.400. The summed E-state index contributed by atoms with van der Waals surface area (Å²) in [5, 5.41) is 0. The predicted molar refractivity (Wildman–Crippen MR) is 98.8 cm³/mol. The second-order valence-electron chi connectivity index (χ2n) is 6.40. The first-order valence-corrected chi connectivity index (χ1v) is 8.39. The lowest BCUT2D eigenvalue weighted by Gasteiger charge is -2.20. The molecule has 0 N–H and O–H groups in total. The number of rotatable bonds is 6. The van der Waals surface area contributed by atoms with Crippen molar-refractivity contribution < 1.29 is 23.8 Å². The minimum Gasteiger partial charge on any atom is -0.493 e. The second kappa shape index (κ2) is 8.08. The van der Waals surface area contributed by atoms with E-state index in [-0.39, 0.29) is 17.4 Å². The van der Waals surface area contributed by atoms with Gasteiger partial charge in [0.25, 0.3) is 5.91 Å². The van der Waals surface area contributed by atoms with Crippen LogP contribution in [-0.4, -0.2) is 44.7 Å². The summed E-state index contributed by atoms with van der Waals surface area (Å²) in [4.78, 5) is 26.9. The van der Waals surface area contributed by atoms with E-state index < -0.39 is 5.97 Å². The standard InChI is InChI=1S/C20H25NO5/c1-12(2)11-21-13(3)17(20(23)26-6)15(19(21)22)10-14-8-7-9-16(24-4)18(14)25-5/h7-10,12H,11H2,1-6H3/b15-10-. The topological polar surface area (TPSA) is 65.1 Å². The molecule has 0 bridgehead atoms. The Labute approximate surface area is 154 Å². The fourth-order valence-electron chi connectivity index (χ4n) is 2.99. The molecule has 0 aliphatic carbocycles. The molecule has 0 atom stereocenters. The summed E-state index contributed by atoms with van der Waals surface area (Å²) in [5.41, 5.74) is 1.82. The Morgan fingerprint density at radius 3 is 2.42 bits per heavy atom. The van der Waals surface area contributed by atoms with Crippen LogP contribution in [-0.2, 0) is 14.3 Å². The zero-order chi connectivity index (χ0) is 19.4. The summed E-state index contributed by atoms with van der Waals surface area (Å²) >= 11 is 0. The Morgan fingerprint density at radius 2 is 1.88 bits per heavy atom. The van der Waals surface area contributed by atoms with Gasteiger partial charge in [-0.25, -0.2) is 4.79 Å². The van der Waals surface area contributed by atoms with E-state index in [1.54, 1.807) is 43.2 Å². The minimum atomic E-state index is -0.532. The normalized spacial score (nSPS) is 15.9. The van der Waals surface area contributed by atoms with Crippen molar-refractivity contribution in [2.75, 3.05) is 27.9 Å². The number of methoxy groups -OCH3 is 3. The van der Waals surface area contributed by atoms with Crippen LogP contribution in [0.25, 0.3) is 6.08 Å². The average molecular weight is 359 g/mol. The SMILES string of the molecule is COC(=O)C1=C(C)N(CC(C)C)C(=O)/C1=C\c1cccc(OC)c1OC. The van der Waals surface area contributed by atoms with E-state index in [4.69, 9.17) is 14.2 Å². The lowest BCUT2D eigenvalue weighted by atomic mass is 10.0. The van der Waals surface area contributed by atoms with Gasteiger partial charge in [-0.05, 0) is 25.0 Å². The van der Waals surface area contributed by atoms with Crippen LogP contribution in [0.2, 0.25) is 0 Å². The number of para-hydroxylation sites is 1. The van der Waals surface area contributed by atoms with Gasteiger partial charge in [-0.15, -0.1) is 0 Å². The number of ether oxygens (including phenoxy) is 3. The molecule has 1 aromatic carbocycles. The third-order valence-corrected chi connectivity index (χ3v) is 4.18. The number of benzene rings is 1. The highest BCUT2D eigenvalue weighted by atomic mass is 16.5. The van der Waals surface area contributed by atoms with E-state index in [0.29, 0.717) is 34.9 Å². The smallest absolute Gasteiger partial charge is 0.340 e. The molecule has 0 aromatic heterocycles. The number of esters is 1. The fourth-order valence-corrected chi connectivity index (χ4v) is 2.99. The van der Waals surface area contributed by atoms with Crippen LogP contribution in [0.4, 0.5) is 0 Å². The molecule has 6 heteroatoms. The first-order chi connectivity index (χ1) is 12.3. The van der Waals surface area contributed by atoms with Crippen LogP contribution >= 0.6 is 0 Å². The van der Waals surface area contributed by atoms with E-state index in [1.165, 1.54) is 14.2 Å². The quantitative estimate of drug-likeness (QED) is 0.577. The molecule has 0 saturated heterocycles. The van der Waals surface area contributed by atoms with Crippen LogP contribution in [0.1, 0.15) is 26.3 Å². The molecule has 0 spiro atoms. The lowest BCUT2D eigenvalue weighted by molar-refractivity contribution is -0.136. The summed E-state index contributed by atoms with van der Waals surface area (Å²) in [6, 6.07) is 5.37. The highest BCUT2D eigenvalue weighted by molar-refractivity contribution is 6.16. The third kappa shape index (κ3) is 3.59. The Kier molecular flexibility index (Phi) is 6.08. The maximum atomic E-state index is 13.0. The van der Waals surface area contributed by atoms with Gasteiger partial charge in [0.05, 0.1) is 32.5 Å². The van der Waals surface area contributed by atoms with Gasteiger partial charge in [0, 0.05) is 17.8 Å². The third-order valence-electron chi connectivity index (χ3n) is 4.18. The second-order valence-corrected chi connectivity index (χ2v) is 6.40. The predicted octanol–water partition coefficient (Wildman–Crippen LogP) is 3.03. The Bertz CT molecular complexity index is 776. The minimum absolute atomic E-state index is 0.221. The zero-order valence-electron chi connectivity index (χ0n) is 16.1. The Balaban J connectivity index is 2.61. The molecular weight excluding hydrogens is 334 g/mol. The summed E-state index contributed by atoms with van der Waals surface area (Å²) < 4.78 is 15.6. The van der Waals surface area contributed by atoms with Gasteiger partial charge in [0.15, 0.2) is 11.5 Å². The molecule has 140 valence electrons. The van der Waals surface area contributed by atoms with Crippen molar-refractivity contribution in [3.8, 4) is 11.5 Å². The molecule has 1 amide bonds. The zero-order valence-corrected chi connectivity index (χ0v) is 16.1. The van der Waals surface area contributed by atoms with E-state index in [9.17, 15) is 9.59 Å². The molecular formula is C20H25NO5. The van der Waals surface area contributed by atoms with Crippen molar-refractivity contribution in [2.45, 2.75) is 20.8 Å². The number of hydrogen-bond acceptors (Lipinski definition) is 5. The van der Waals surface area contributed by atoms with E-state index in [1.807, 2.05) is 13.8 Å². The summed E-state index contributed by atoms with van der Waals surface area (Å²) in [7, 11) is 4.38. The van der Waals surface area contributed by atoms with Gasteiger partial charge in [-0.3, -0.25) is 4.79 Å². The van der Waals surface area contributed by atoms with Crippen molar-refractivity contribution in [1.29, 1.82) is 0 Å². The van der Waals surface area contributed by atoms with Crippen LogP contribution in [0.5, 0.6) is 11.5 Å². The number of nitrogens with zero attached hydrogens (tertiary/aromatic N) is 1. The van der Waals surface area contributed by atoms with Crippen molar-refractivity contribution in [3.63, 3.8) is 0 Å². The Morgan fingerprint density at radius 1 is 1.19 bits per heavy atom. The highest BCUT2D eigenvalue weighted by Gasteiger charge is 2.37. The highest BCUT2D eigenvalue weighted by Crippen LogP contribution is 2.36. The molecule has 0 unspecified atom stereocenters. The van der Waals surface area contributed by atoms with E-state index in [0.717, 1.165) is 0 Å². The molecule has 1 aliphatic rings. The first-order valence-electron chi connectivity index (χ1n) is 8.39. The number of carbonyl (C=O) groups excluding carboxylic acids is 2. The van der Waals surface area contributed by atoms with Gasteiger partial charge in [0.2, 0.25) is 0 Å². The van der Waals surface area contributed by atoms with Gasteiger partial charge in [-0.1, -0.05) is 26.0 Å². The Hall–Kier alpha value is -2.76. The number of carbonyl (C=O) groups is 2. The maximum Gasteiger partial charge on any atom is 0.340 e. The summed E-state index contributed by atoms with van der Waals surface area (Å²) in [6.45, 7) is 6.32.